The zero-order chi connectivity index (χ0) is 22.0. The van der Waals surface area contributed by atoms with Crippen LogP contribution in [0.15, 0.2) is 64.0 Å². The number of hydrogen-bond donors (Lipinski definition) is 1. The lowest BCUT2D eigenvalue weighted by molar-refractivity contribution is -0.121. The van der Waals surface area contributed by atoms with Crippen LogP contribution in [-0.4, -0.2) is 28.1 Å². The number of nitrogens with one attached hydrogen (secondary N) is 1. The van der Waals surface area contributed by atoms with Gasteiger partial charge >= 0.3 is 0 Å². The summed E-state index contributed by atoms with van der Waals surface area (Å²) in [5.74, 6) is -0.0156. The maximum absolute atomic E-state index is 12.7. The van der Waals surface area contributed by atoms with Gasteiger partial charge in [0.05, 0.1) is 11.7 Å². The molecule has 1 aliphatic heterocycles. The number of thioether (sulfide) groups is 1. The first kappa shape index (κ1) is 21.1. The van der Waals surface area contributed by atoms with Gasteiger partial charge in [-0.1, -0.05) is 28.9 Å². The van der Waals surface area contributed by atoms with Gasteiger partial charge in [0.1, 0.15) is 5.76 Å². The highest BCUT2D eigenvalue weighted by Crippen LogP contribution is 2.34. The molecule has 1 atom stereocenters. The molecule has 0 spiro atoms. The first-order valence-electron chi connectivity index (χ1n) is 9.50. The van der Waals surface area contributed by atoms with E-state index in [2.05, 4.69) is 10.5 Å². The number of anilines is 2. The highest BCUT2D eigenvalue weighted by Gasteiger charge is 2.41. The Morgan fingerprint density at radius 1 is 1.19 bits per heavy atom. The van der Waals surface area contributed by atoms with Gasteiger partial charge < -0.3 is 9.84 Å². The second kappa shape index (κ2) is 8.95. The quantitative estimate of drug-likeness (QED) is 0.559. The fourth-order valence-corrected chi connectivity index (χ4v) is 4.35. The molecule has 31 heavy (non-hydrogen) atoms. The van der Waals surface area contributed by atoms with Gasteiger partial charge in [0, 0.05) is 28.1 Å². The van der Waals surface area contributed by atoms with Gasteiger partial charge in [-0.25, -0.2) is 4.90 Å². The highest BCUT2D eigenvalue weighted by molar-refractivity contribution is 8.00. The zero-order valence-electron chi connectivity index (χ0n) is 16.5. The molecule has 7 nitrogen and oxygen atoms in total. The monoisotopic (exact) mass is 455 g/mol. The third kappa shape index (κ3) is 4.98. The maximum atomic E-state index is 12.7. The summed E-state index contributed by atoms with van der Waals surface area (Å²) in [4.78, 5) is 39.1. The predicted molar refractivity (Wildman–Crippen MR) is 118 cm³/mol. The molecule has 1 saturated heterocycles. The average molecular weight is 456 g/mol. The van der Waals surface area contributed by atoms with Crippen molar-refractivity contribution >= 4 is 52.6 Å². The van der Waals surface area contributed by atoms with Crippen molar-refractivity contribution in [3.05, 3.63) is 70.9 Å². The summed E-state index contributed by atoms with van der Waals surface area (Å²) in [5.41, 5.74) is 1.52. The second-order valence-electron chi connectivity index (χ2n) is 7.05. The fraction of sp³-hybridized carbons (Fsp3) is 0.182. The summed E-state index contributed by atoms with van der Waals surface area (Å²) in [6.45, 7) is 1.70. The van der Waals surface area contributed by atoms with Crippen molar-refractivity contribution in [2.75, 3.05) is 10.2 Å². The van der Waals surface area contributed by atoms with Crippen LogP contribution in [0, 0.1) is 6.92 Å². The number of benzene rings is 2. The van der Waals surface area contributed by atoms with Crippen LogP contribution in [0.2, 0.25) is 5.02 Å². The van der Waals surface area contributed by atoms with Crippen LogP contribution in [0.3, 0.4) is 0 Å². The van der Waals surface area contributed by atoms with Crippen LogP contribution in [-0.2, 0) is 20.8 Å². The van der Waals surface area contributed by atoms with E-state index in [1.54, 1.807) is 37.3 Å². The Bertz CT molecular complexity index is 1130. The molecule has 9 heteroatoms. The molecule has 0 saturated carbocycles. The third-order valence-electron chi connectivity index (χ3n) is 4.64. The molecule has 0 bridgehead atoms. The molecule has 0 aliphatic carbocycles. The van der Waals surface area contributed by atoms with Gasteiger partial charge in [0.25, 0.3) is 0 Å². The standard InChI is InChI=1S/C22H18ClN3O4S/c1-13-10-19(25-30-13)26-21(28)12-18(22(26)29)31-17-8-6-16(7-9-17)24-20(27)11-14-2-4-15(23)5-3-14/h2-10,18H,11-12H2,1H3,(H,24,27). The normalized spacial score (nSPS) is 16.1. The van der Waals surface area contributed by atoms with E-state index in [1.165, 1.54) is 11.8 Å². The van der Waals surface area contributed by atoms with E-state index in [4.69, 9.17) is 16.1 Å². The molecule has 1 N–H and O–H groups in total. The maximum Gasteiger partial charge on any atom is 0.249 e. The van der Waals surface area contributed by atoms with Crippen LogP contribution in [0.4, 0.5) is 11.5 Å². The van der Waals surface area contributed by atoms with E-state index in [1.807, 2.05) is 24.3 Å². The summed E-state index contributed by atoms with van der Waals surface area (Å²) in [6.07, 6.45) is 0.332. The van der Waals surface area contributed by atoms with Crippen LogP contribution in [0.25, 0.3) is 0 Å². The first-order chi connectivity index (χ1) is 14.9. The van der Waals surface area contributed by atoms with E-state index in [9.17, 15) is 14.4 Å². The number of hydrogen-bond acceptors (Lipinski definition) is 6. The van der Waals surface area contributed by atoms with Gasteiger partial charge in [-0.2, -0.15) is 0 Å². The average Bonchev–Trinajstić information content (AvgIpc) is 3.27. The molecule has 2 aromatic carbocycles. The van der Waals surface area contributed by atoms with Crippen LogP contribution in [0.5, 0.6) is 0 Å². The van der Waals surface area contributed by atoms with Crippen molar-refractivity contribution in [2.45, 2.75) is 29.9 Å². The molecule has 3 aromatic rings. The van der Waals surface area contributed by atoms with E-state index in [-0.39, 0.29) is 36.4 Å². The molecular weight excluding hydrogens is 438 g/mol. The number of imide groups is 1. The number of aryl methyl sites for hydroxylation is 1. The Labute approximate surface area is 187 Å². The molecule has 1 unspecified atom stereocenters. The molecule has 1 fully saturated rings. The third-order valence-corrected chi connectivity index (χ3v) is 6.09. The summed E-state index contributed by atoms with van der Waals surface area (Å²) >= 11 is 7.16. The van der Waals surface area contributed by atoms with Crippen molar-refractivity contribution in [3.8, 4) is 0 Å². The molecule has 158 valence electrons. The van der Waals surface area contributed by atoms with Crippen LogP contribution in [0.1, 0.15) is 17.7 Å². The molecule has 0 radical (unpaired) electrons. The summed E-state index contributed by atoms with van der Waals surface area (Å²) in [7, 11) is 0. The minimum atomic E-state index is -0.533. The minimum Gasteiger partial charge on any atom is -0.360 e. The van der Waals surface area contributed by atoms with E-state index in [0.29, 0.717) is 16.5 Å². The highest BCUT2D eigenvalue weighted by atomic mass is 35.5. The van der Waals surface area contributed by atoms with Gasteiger partial charge in [-0.15, -0.1) is 11.8 Å². The predicted octanol–water partition coefficient (Wildman–Crippen LogP) is 4.24. The van der Waals surface area contributed by atoms with Gasteiger partial charge in [-0.3, -0.25) is 14.4 Å². The Balaban J connectivity index is 1.35. The largest absolute Gasteiger partial charge is 0.360 e. The van der Waals surface area contributed by atoms with Gasteiger partial charge in [-0.05, 0) is 48.9 Å². The molecule has 4 rings (SSSR count). The van der Waals surface area contributed by atoms with Crippen molar-refractivity contribution in [2.24, 2.45) is 0 Å². The Kier molecular flexibility index (Phi) is 6.11. The van der Waals surface area contributed by atoms with Crippen LogP contribution < -0.4 is 10.2 Å². The van der Waals surface area contributed by atoms with E-state index in [0.717, 1.165) is 15.4 Å². The first-order valence-corrected chi connectivity index (χ1v) is 10.8. The number of carbonyl (C=O) groups is 3. The number of aromatic nitrogens is 1. The van der Waals surface area contributed by atoms with E-state index < -0.39 is 5.25 Å². The number of nitrogens with zero attached hydrogens (tertiary/aromatic N) is 2. The minimum absolute atomic E-state index is 0.0922. The lowest BCUT2D eigenvalue weighted by Gasteiger charge is -2.11. The molecule has 1 aliphatic rings. The summed E-state index contributed by atoms with van der Waals surface area (Å²) < 4.78 is 4.97. The summed E-state index contributed by atoms with van der Waals surface area (Å²) in [5, 5.41) is 6.70. The summed E-state index contributed by atoms with van der Waals surface area (Å²) in [6, 6.07) is 15.8. The second-order valence-corrected chi connectivity index (χ2v) is 8.76. The van der Waals surface area contributed by atoms with Crippen molar-refractivity contribution in [3.63, 3.8) is 0 Å². The lowest BCUT2D eigenvalue weighted by atomic mass is 10.1. The van der Waals surface area contributed by atoms with E-state index >= 15 is 0 Å². The van der Waals surface area contributed by atoms with Gasteiger partial charge in [0.15, 0.2) is 5.82 Å². The fourth-order valence-electron chi connectivity index (χ4n) is 3.17. The van der Waals surface area contributed by atoms with Crippen molar-refractivity contribution in [1.82, 2.24) is 5.16 Å². The molecule has 3 amide bonds. The molecule has 1 aromatic heterocycles. The lowest BCUT2D eigenvalue weighted by Crippen LogP contribution is -2.31. The SMILES string of the molecule is Cc1cc(N2C(=O)CC(Sc3ccc(NC(=O)Cc4ccc(Cl)cc4)cc3)C2=O)no1. The Morgan fingerprint density at radius 2 is 1.90 bits per heavy atom. The topological polar surface area (TPSA) is 92.5 Å². The molecular formula is C22H18ClN3O4S. The number of rotatable bonds is 6. The zero-order valence-corrected chi connectivity index (χ0v) is 18.1. The van der Waals surface area contributed by atoms with Crippen molar-refractivity contribution < 1.29 is 18.9 Å². The molecule has 2 heterocycles. The number of carbonyl (C=O) groups excluding carboxylic acids is 3. The Morgan fingerprint density at radius 3 is 2.55 bits per heavy atom. The van der Waals surface area contributed by atoms with Crippen molar-refractivity contribution in [1.29, 1.82) is 0 Å². The number of amides is 3. The smallest absolute Gasteiger partial charge is 0.249 e. The van der Waals surface area contributed by atoms with Crippen LogP contribution >= 0.6 is 23.4 Å². The Hall–Kier alpha value is -3.10. The van der Waals surface area contributed by atoms with Gasteiger partial charge in [0.2, 0.25) is 17.7 Å². The number of halogens is 1.